The molecule has 1 N–H and O–H groups in total. The number of halogens is 1. The molecule has 0 saturated carbocycles. The van der Waals surface area contributed by atoms with Crippen molar-refractivity contribution in [3.8, 4) is 11.5 Å². The van der Waals surface area contributed by atoms with Crippen molar-refractivity contribution in [1.82, 2.24) is 10.2 Å². The average Bonchev–Trinajstić information content (AvgIpc) is 3.24. The van der Waals surface area contributed by atoms with Gasteiger partial charge in [-0.15, -0.1) is 0 Å². The van der Waals surface area contributed by atoms with Crippen molar-refractivity contribution in [2.75, 3.05) is 26.7 Å². The number of para-hydroxylation sites is 1. The molecule has 6 heteroatoms. The number of nitrogens with one attached hydrogen (secondary N) is 1. The van der Waals surface area contributed by atoms with E-state index in [1.54, 1.807) is 26.2 Å². The van der Waals surface area contributed by atoms with Gasteiger partial charge in [-0.25, -0.2) is 4.39 Å². The molecule has 2 unspecified atom stereocenters. The first-order chi connectivity index (χ1) is 13.6. The monoisotopic (exact) mass is 386 g/mol. The van der Waals surface area contributed by atoms with Gasteiger partial charge in [0.05, 0.1) is 13.2 Å². The van der Waals surface area contributed by atoms with E-state index in [4.69, 9.17) is 9.47 Å². The zero-order valence-electron chi connectivity index (χ0n) is 16.4. The van der Waals surface area contributed by atoms with Crippen LogP contribution in [0.25, 0.3) is 0 Å². The van der Waals surface area contributed by atoms with E-state index in [2.05, 4.69) is 10.2 Å². The molecule has 1 amide bonds. The van der Waals surface area contributed by atoms with Crippen LogP contribution in [0.15, 0.2) is 48.5 Å². The van der Waals surface area contributed by atoms with Gasteiger partial charge in [0.15, 0.2) is 17.7 Å². The van der Waals surface area contributed by atoms with Gasteiger partial charge < -0.3 is 14.8 Å². The summed E-state index contributed by atoms with van der Waals surface area (Å²) in [7, 11) is 1.64. The zero-order chi connectivity index (χ0) is 19.9. The van der Waals surface area contributed by atoms with E-state index >= 15 is 0 Å². The Kier molecular flexibility index (Phi) is 6.87. The summed E-state index contributed by atoms with van der Waals surface area (Å²) in [6.07, 6.45) is 1.54. The van der Waals surface area contributed by atoms with Crippen LogP contribution in [-0.4, -0.2) is 43.7 Å². The van der Waals surface area contributed by atoms with E-state index in [-0.39, 0.29) is 17.7 Å². The number of likely N-dealkylation sites (tertiary alicyclic amines) is 1. The van der Waals surface area contributed by atoms with Crippen LogP contribution in [0.2, 0.25) is 0 Å². The van der Waals surface area contributed by atoms with E-state index in [1.807, 2.05) is 24.3 Å². The number of amides is 1. The SMILES string of the molecule is COc1ccc(C(CNC(=O)C(C)Oc2ccccc2F)N2CCCC2)cc1. The van der Waals surface area contributed by atoms with Gasteiger partial charge in [-0.1, -0.05) is 24.3 Å². The number of methoxy groups -OCH3 is 1. The summed E-state index contributed by atoms with van der Waals surface area (Å²) in [5.74, 6) is 0.146. The molecule has 0 bridgehead atoms. The third-order valence-corrected chi connectivity index (χ3v) is 5.06. The Bertz CT molecular complexity index is 776. The molecule has 28 heavy (non-hydrogen) atoms. The lowest BCUT2D eigenvalue weighted by Crippen LogP contribution is -2.42. The van der Waals surface area contributed by atoms with Crippen LogP contribution in [0.1, 0.15) is 31.4 Å². The predicted octanol–water partition coefficient (Wildman–Crippen LogP) is 3.55. The van der Waals surface area contributed by atoms with Crippen molar-refractivity contribution < 1.29 is 18.7 Å². The Morgan fingerprint density at radius 1 is 1.14 bits per heavy atom. The van der Waals surface area contributed by atoms with E-state index < -0.39 is 11.9 Å². The van der Waals surface area contributed by atoms with Crippen LogP contribution in [0.4, 0.5) is 4.39 Å². The molecule has 2 aromatic rings. The van der Waals surface area contributed by atoms with E-state index in [0.717, 1.165) is 37.2 Å². The average molecular weight is 386 g/mol. The lowest BCUT2D eigenvalue weighted by atomic mass is 10.1. The summed E-state index contributed by atoms with van der Waals surface area (Å²) in [6, 6.07) is 14.1. The number of hydrogen-bond donors (Lipinski definition) is 1. The molecule has 0 aliphatic carbocycles. The third kappa shape index (κ3) is 5.01. The van der Waals surface area contributed by atoms with Gasteiger partial charge in [-0.3, -0.25) is 9.69 Å². The largest absolute Gasteiger partial charge is 0.497 e. The van der Waals surface area contributed by atoms with Gasteiger partial charge in [0.25, 0.3) is 5.91 Å². The minimum absolute atomic E-state index is 0.0800. The molecule has 1 heterocycles. The maximum Gasteiger partial charge on any atom is 0.260 e. The molecule has 1 aliphatic heterocycles. The van der Waals surface area contributed by atoms with Gasteiger partial charge in [-0.2, -0.15) is 0 Å². The Hall–Kier alpha value is -2.60. The van der Waals surface area contributed by atoms with Crippen LogP contribution in [0.3, 0.4) is 0 Å². The Balaban J connectivity index is 1.63. The molecule has 5 nitrogen and oxygen atoms in total. The highest BCUT2D eigenvalue weighted by Gasteiger charge is 2.25. The highest BCUT2D eigenvalue weighted by Crippen LogP contribution is 2.26. The zero-order valence-corrected chi connectivity index (χ0v) is 16.4. The van der Waals surface area contributed by atoms with E-state index in [9.17, 15) is 9.18 Å². The van der Waals surface area contributed by atoms with E-state index in [0.29, 0.717) is 6.54 Å². The lowest BCUT2D eigenvalue weighted by molar-refractivity contribution is -0.127. The van der Waals surface area contributed by atoms with Crippen molar-refractivity contribution >= 4 is 5.91 Å². The predicted molar refractivity (Wildman–Crippen MR) is 106 cm³/mol. The number of benzene rings is 2. The third-order valence-electron chi connectivity index (χ3n) is 5.06. The minimum Gasteiger partial charge on any atom is -0.497 e. The first-order valence-corrected chi connectivity index (χ1v) is 9.65. The molecule has 1 fully saturated rings. The Morgan fingerprint density at radius 3 is 2.46 bits per heavy atom. The van der Waals surface area contributed by atoms with Crippen LogP contribution >= 0.6 is 0 Å². The molecule has 0 radical (unpaired) electrons. The molecular formula is C22H27FN2O3. The van der Waals surface area contributed by atoms with Crippen LogP contribution in [0, 0.1) is 5.82 Å². The van der Waals surface area contributed by atoms with Crippen molar-refractivity contribution in [2.24, 2.45) is 0 Å². The summed E-state index contributed by atoms with van der Waals surface area (Å²) < 4.78 is 24.5. The second-order valence-electron chi connectivity index (χ2n) is 6.97. The van der Waals surface area contributed by atoms with Gasteiger partial charge in [0.1, 0.15) is 5.75 Å². The summed E-state index contributed by atoms with van der Waals surface area (Å²) in [5.41, 5.74) is 1.13. The first-order valence-electron chi connectivity index (χ1n) is 9.65. The van der Waals surface area contributed by atoms with Crippen molar-refractivity contribution in [3.05, 3.63) is 59.9 Å². The molecule has 1 aliphatic rings. The smallest absolute Gasteiger partial charge is 0.260 e. The molecule has 150 valence electrons. The van der Waals surface area contributed by atoms with E-state index in [1.165, 1.54) is 12.1 Å². The number of carbonyl (C=O) groups excluding carboxylic acids is 1. The fourth-order valence-corrected chi connectivity index (χ4v) is 3.46. The second kappa shape index (κ2) is 9.55. The summed E-state index contributed by atoms with van der Waals surface area (Å²) in [5, 5.41) is 2.97. The van der Waals surface area contributed by atoms with Crippen LogP contribution < -0.4 is 14.8 Å². The summed E-state index contributed by atoms with van der Waals surface area (Å²) in [6.45, 7) is 4.11. The van der Waals surface area contributed by atoms with Gasteiger partial charge in [0, 0.05) is 6.54 Å². The van der Waals surface area contributed by atoms with Crippen molar-refractivity contribution in [2.45, 2.75) is 31.9 Å². The molecule has 2 aromatic carbocycles. The standard InChI is InChI=1S/C22H27FN2O3/c1-16(28-21-8-4-3-7-19(21)23)22(26)24-15-20(25-13-5-6-14-25)17-9-11-18(27-2)12-10-17/h3-4,7-12,16,20H,5-6,13-15H2,1-2H3,(H,24,26). The normalized spacial score (nSPS) is 16.4. The first kappa shape index (κ1) is 20.1. The number of nitrogens with zero attached hydrogens (tertiary/aromatic N) is 1. The van der Waals surface area contributed by atoms with Gasteiger partial charge >= 0.3 is 0 Å². The fourth-order valence-electron chi connectivity index (χ4n) is 3.46. The molecule has 0 spiro atoms. The number of carbonyl (C=O) groups is 1. The highest BCUT2D eigenvalue weighted by atomic mass is 19.1. The number of rotatable bonds is 8. The topological polar surface area (TPSA) is 50.8 Å². The summed E-state index contributed by atoms with van der Waals surface area (Å²) >= 11 is 0. The highest BCUT2D eigenvalue weighted by molar-refractivity contribution is 5.80. The van der Waals surface area contributed by atoms with Crippen molar-refractivity contribution in [1.29, 1.82) is 0 Å². The lowest BCUT2D eigenvalue weighted by Gasteiger charge is -2.29. The van der Waals surface area contributed by atoms with Crippen molar-refractivity contribution in [3.63, 3.8) is 0 Å². The van der Waals surface area contributed by atoms with Gasteiger partial charge in [0.2, 0.25) is 0 Å². The van der Waals surface area contributed by atoms with Crippen LogP contribution in [-0.2, 0) is 4.79 Å². The minimum atomic E-state index is -0.785. The molecule has 2 atom stereocenters. The molecule has 1 saturated heterocycles. The van der Waals surface area contributed by atoms with Gasteiger partial charge in [-0.05, 0) is 62.7 Å². The maximum atomic E-state index is 13.7. The molecule has 0 aromatic heterocycles. The Morgan fingerprint density at radius 2 is 1.82 bits per heavy atom. The quantitative estimate of drug-likeness (QED) is 0.754. The Labute approximate surface area is 165 Å². The number of ether oxygens (including phenoxy) is 2. The molecule has 3 rings (SSSR count). The molecular weight excluding hydrogens is 359 g/mol. The summed E-state index contributed by atoms with van der Waals surface area (Å²) in [4.78, 5) is 14.9. The van der Waals surface area contributed by atoms with Crippen LogP contribution in [0.5, 0.6) is 11.5 Å². The fraction of sp³-hybridized carbons (Fsp3) is 0.409. The second-order valence-corrected chi connectivity index (χ2v) is 6.97. The number of hydrogen-bond acceptors (Lipinski definition) is 4. The maximum absolute atomic E-state index is 13.7.